The lowest BCUT2D eigenvalue weighted by atomic mass is 10.3. The normalized spacial score (nSPS) is 11.3. The SMILES string of the molecule is O=[N+]([O-])c1cc(Cl)cc(Br)c1OCCCCS(=O)(=O)Cl. The maximum atomic E-state index is 10.9. The molecular weight excluding hydrogens is 397 g/mol. The molecule has 0 aliphatic rings. The third-order valence-corrected chi connectivity index (χ3v) is 4.26. The van der Waals surface area contributed by atoms with Crippen LogP contribution >= 0.6 is 38.2 Å². The summed E-state index contributed by atoms with van der Waals surface area (Å²) in [6, 6.07) is 2.66. The van der Waals surface area contributed by atoms with E-state index >= 15 is 0 Å². The highest BCUT2D eigenvalue weighted by Gasteiger charge is 2.20. The number of benzene rings is 1. The smallest absolute Gasteiger partial charge is 0.313 e. The second-order valence-electron chi connectivity index (χ2n) is 3.79. The van der Waals surface area contributed by atoms with Gasteiger partial charge in [-0.05, 0) is 34.8 Å². The minimum Gasteiger partial charge on any atom is -0.486 e. The molecule has 6 nitrogen and oxygen atoms in total. The molecule has 1 aromatic rings. The number of halogens is 3. The summed E-state index contributed by atoms with van der Waals surface area (Å²) in [6.07, 6.45) is 0.711. The fourth-order valence-corrected chi connectivity index (χ4v) is 3.16. The fraction of sp³-hybridized carbons (Fsp3) is 0.400. The molecule has 112 valence electrons. The van der Waals surface area contributed by atoms with Crippen LogP contribution in [0.3, 0.4) is 0 Å². The van der Waals surface area contributed by atoms with Gasteiger partial charge in [0.15, 0.2) is 0 Å². The van der Waals surface area contributed by atoms with E-state index in [0.717, 1.165) is 0 Å². The molecule has 0 unspecified atom stereocenters. The average molecular weight is 407 g/mol. The Morgan fingerprint density at radius 3 is 2.55 bits per heavy atom. The number of unbranched alkanes of at least 4 members (excludes halogenated alkanes) is 1. The number of hydrogen-bond donors (Lipinski definition) is 0. The number of nitro benzene ring substituents is 1. The molecule has 0 amide bonds. The maximum Gasteiger partial charge on any atom is 0.313 e. The Bertz CT molecular complexity index is 608. The van der Waals surface area contributed by atoms with Gasteiger partial charge < -0.3 is 4.74 Å². The van der Waals surface area contributed by atoms with Gasteiger partial charge in [0.25, 0.3) is 0 Å². The van der Waals surface area contributed by atoms with Gasteiger partial charge in [0.2, 0.25) is 14.8 Å². The van der Waals surface area contributed by atoms with Crippen LogP contribution in [0.4, 0.5) is 5.69 Å². The molecule has 0 bridgehead atoms. The Labute approximate surface area is 133 Å². The molecule has 0 N–H and O–H groups in total. The largest absolute Gasteiger partial charge is 0.486 e. The van der Waals surface area contributed by atoms with E-state index in [9.17, 15) is 18.5 Å². The average Bonchev–Trinajstić information content (AvgIpc) is 2.28. The monoisotopic (exact) mass is 405 g/mol. The van der Waals surface area contributed by atoms with Crippen LogP contribution in [-0.4, -0.2) is 25.7 Å². The Kier molecular flexibility index (Phi) is 6.50. The van der Waals surface area contributed by atoms with Crippen molar-refractivity contribution in [1.82, 2.24) is 0 Å². The van der Waals surface area contributed by atoms with Gasteiger partial charge in [0.05, 0.1) is 21.8 Å². The third-order valence-electron chi connectivity index (χ3n) is 2.21. The van der Waals surface area contributed by atoms with Gasteiger partial charge in [0, 0.05) is 21.8 Å². The van der Waals surface area contributed by atoms with Gasteiger partial charge in [-0.15, -0.1) is 0 Å². The zero-order valence-electron chi connectivity index (χ0n) is 10.0. The molecular formula is C10H10BrCl2NO5S. The van der Waals surface area contributed by atoms with Crippen LogP contribution in [0.1, 0.15) is 12.8 Å². The molecule has 0 saturated carbocycles. The summed E-state index contributed by atoms with van der Waals surface area (Å²) in [5, 5.41) is 11.1. The number of hydrogen-bond acceptors (Lipinski definition) is 5. The van der Waals surface area contributed by atoms with Crippen molar-refractivity contribution in [3.05, 3.63) is 31.7 Å². The third kappa shape index (κ3) is 5.82. The molecule has 0 radical (unpaired) electrons. The summed E-state index contributed by atoms with van der Waals surface area (Å²) in [5.74, 6) is -0.102. The summed E-state index contributed by atoms with van der Waals surface area (Å²) < 4.78 is 27.1. The highest BCUT2D eigenvalue weighted by atomic mass is 79.9. The van der Waals surface area contributed by atoms with Crippen LogP contribution in [0.15, 0.2) is 16.6 Å². The van der Waals surface area contributed by atoms with Crippen LogP contribution < -0.4 is 4.74 Å². The van der Waals surface area contributed by atoms with Crippen LogP contribution in [0.2, 0.25) is 5.02 Å². The van der Waals surface area contributed by atoms with Crippen molar-refractivity contribution in [2.24, 2.45) is 0 Å². The zero-order valence-corrected chi connectivity index (χ0v) is 13.9. The molecule has 0 saturated heterocycles. The summed E-state index contributed by atoms with van der Waals surface area (Å²) >= 11 is 8.87. The van der Waals surface area contributed by atoms with Crippen molar-refractivity contribution in [2.45, 2.75) is 12.8 Å². The van der Waals surface area contributed by atoms with E-state index in [0.29, 0.717) is 17.3 Å². The van der Waals surface area contributed by atoms with E-state index in [1.165, 1.54) is 12.1 Å². The molecule has 0 atom stereocenters. The molecule has 0 aliphatic carbocycles. The molecule has 0 fully saturated rings. The lowest BCUT2D eigenvalue weighted by Gasteiger charge is -2.08. The van der Waals surface area contributed by atoms with Gasteiger partial charge in [-0.25, -0.2) is 8.42 Å². The van der Waals surface area contributed by atoms with Crippen molar-refractivity contribution in [3.63, 3.8) is 0 Å². The second kappa shape index (κ2) is 7.44. The second-order valence-corrected chi connectivity index (χ2v) is 7.98. The van der Waals surface area contributed by atoms with Crippen LogP contribution in [-0.2, 0) is 9.05 Å². The molecule has 1 rings (SSSR count). The highest BCUT2D eigenvalue weighted by molar-refractivity contribution is 9.10. The first-order valence-electron chi connectivity index (χ1n) is 5.39. The van der Waals surface area contributed by atoms with Crippen LogP contribution in [0.25, 0.3) is 0 Å². The lowest BCUT2D eigenvalue weighted by Crippen LogP contribution is -2.04. The summed E-state index contributed by atoms with van der Waals surface area (Å²) in [7, 11) is 1.54. The van der Waals surface area contributed by atoms with E-state index in [1.807, 2.05) is 0 Å². The lowest BCUT2D eigenvalue weighted by molar-refractivity contribution is -0.385. The minimum atomic E-state index is -3.52. The van der Waals surface area contributed by atoms with Crippen LogP contribution in [0, 0.1) is 10.1 Å². The van der Waals surface area contributed by atoms with Crippen molar-refractivity contribution < 1.29 is 18.1 Å². The molecule has 0 aliphatic heterocycles. The first-order chi connectivity index (χ1) is 9.20. The van der Waals surface area contributed by atoms with Crippen LogP contribution in [0.5, 0.6) is 5.75 Å². The minimum absolute atomic E-state index is 0.0631. The number of ether oxygens (including phenoxy) is 1. The Balaban J connectivity index is 2.66. The fourth-order valence-electron chi connectivity index (χ4n) is 1.38. The quantitative estimate of drug-likeness (QED) is 0.298. The van der Waals surface area contributed by atoms with E-state index in [4.69, 9.17) is 27.0 Å². The molecule has 1 aromatic carbocycles. The van der Waals surface area contributed by atoms with Crippen molar-refractivity contribution in [2.75, 3.05) is 12.4 Å². The van der Waals surface area contributed by atoms with E-state index in [-0.39, 0.29) is 28.8 Å². The molecule has 20 heavy (non-hydrogen) atoms. The maximum absolute atomic E-state index is 10.9. The summed E-state index contributed by atoms with van der Waals surface area (Å²) in [5.41, 5.74) is -0.255. The number of rotatable bonds is 7. The predicted molar refractivity (Wildman–Crippen MR) is 80.2 cm³/mol. The van der Waals surface area contributed by atoms with Gasteiger partial charge in [0.1, 0.15) is 0 Å². The van der Waals surface area contributed by atoms with Gasteiger partial charge in [-0.2, -0.15) is 0 Å². The first-order valence-corrected chi connectivity index (χ1v) is 9.04. The van der Waals surface area contributed by atoms with Crippen molar-refractivity contribution >= 4 is 53.0 Å². The molecule has 0 aromatic heterocycles. The van der Waals surface area contributed by atoms with E-state index in [2.05, 4.69) is 15.9 Å². The molecule has 10 heteroatoms. The van der Waals surface area contributed by atoms with Gasteiger partial charge in [-0.3, -0.25) is 10.1 Å². The number of nitrogens with zero attached hydrogens (tertiary/aromatic N) is 1. The summed E-state index contributed by atoms with van der Waals surface area (Å²) in [6.45, 7) is 0.132. The highest BCUT2D eigenvalue weighted by Crippen LogP contribution is 2.37. The standard InChI is InChI=1S/C10H10BrCl2NO5S/c11-8-5-7(12)6-9(14(15)16)10(8)19-3-1-2-4-20(13,17)18/h5-6H,1-4H2. The Morgan fingerprint density at radius 1 is 1.35 bits per heavy atom. The topological polar surface area (TPSA) is 86.5 Å². The molecule has 0 heterocycles. The summed E-state index contributed by atoms with van der Waals surface area (Å²) in [4.78, 5) is 10.3. The van der Waals surface area contributed by atoms with Crippen molar-refractivity contribution in [1.29, 1.82) is 0 Å². The molecule has 0 spiro atoms. The van der Waals surface area contributed by atoms with Gasteiger partial charge in [-0.1, -0.05) is 11.6 Å². The van der Waals surface area contributed by atoms with Crippen molar-refractivity contribution in [3.8, 4) is 5.75 Å². The Morgan fingerprint density at radius 2 is 2.00 bits per heavy atom. The zero-order chi connectivity index (χ0) is 15.3. The first kappa shape index (κ1) is 17.5. The predicted octanol–water partition coefficient (Wildman–Crippen LogP) is 3.74. The number of nitro groups is 1. The van der Waals surface area contributed by atoms with Gasteiger partial charge >= 0.3 is 5.69 Å². The Hall–Kier alpha value is -0.570. The van der Waals surface area contributed by atoms with E-state index < -0.39 is 14.0 Å². The van der Waals surface area contributed by atoms with E-state index in [1.54, 1.807) is 0 Å².